The maximum Gasteiger partial charge on any atom is 0.327 e. The first-order valence-corrected chi connectivity index (χ1v) is 9.48. The summed E-state index contributed by atoms with van der Waals surface area (Å²) in [5, 5.41) is 5.24. The van der Waals surface area contributed by atoms with Gasteiger partial charge in [-0.2, -0.15) is 0 Å². The molecule has 9 heteroatoms. The number of hydrogen-bond acceptors (Lipinski definition) is 6. The van der Waals surface area contributed by atoms with E-state index < -0.39 is 42.0 Å². The zero-order chi connectivity index (χ0) is 21.6. The number of hydrogen-bond donors (Lipinski definition) is 2. The summed E-state index contributed by atoms with van der Waals surface area (Å²) in [6.07, 6.45) is 1.03. The molecule has 9 nitrogen and oxygen atoms in total. The molecule has 29 heavy (non-hydrogen) atoms. The first-order chi connectivity index (χ1) is 13.7. The molecule has 0 aromatic heterocycles. The number of ether oxygens (including phenoxy) is 2. The van der Waals surface area contributed by atoms with Crippen molar-refractivity contribution in [3.63, 3.8) is 0 Å². The zero-order valence-corrected chi connectivity index (χ0v) is 17.1. The molecular weight excluding hydrogens is 378 g/mol. The van der Waals surface area contributed by atoms with E-state index in [4.69, 9.17) is 9.47 Å². The standard InChI is InChI=1S/C20H27N3O6/c1-5-6-11-20(3)18(26)23(19(27)22-20)12-16(24)29-13(2)17(25)21-14-7-9-15(28-4)10-8-14/h7-10,13H,5-6,11-12H2,1-4H3,(H,21,25)(H,22,27)/t13-,20+/m0/s1. The number of benzene rings is 1. The Hall–Kier alpha value is -3.10. The molecule has 0 unspecified atom stereocenters. The van der Waals surface area contributed by atoms with Crippen LogP contribution in [0.4, 0.5) is 10.5 Å². The predicted molar refractivity (Wildman–Crippen MR) is 105 cm³/mol. The van der Waals surface area contributed by atoms with E-state index in [9.17, 15) is 19.2 Å². The summed E-state index contributed by atoms with van der Waals surface area (Å²) >= 11 is 0. The van der Waals surface area contributed by atoms with Crippen LogP contribution in [0.5, 0.6) is 5.75 Å². The zero-order valence-electron chi connectivity index (χ0n) is 17.1. The van der Waals surface area contributed by atoms with Crippen molar-refractivity contribution in [2.75, 3.05) is 19.0 Å². The van der Waals surface area contributed by atoms with Crippen LogP contribution in [0.25, 0.3) is 0 Å². The summed E-state index contributed by atoms with van der Waals surface area (Å²) in [7, 11) is 1.53. The monoisotopic (exact) mass is 405 g/mol. The summed E-state index contributed by atoms with van der Waals surface area (Å²) in [5.74, 6) is -1.20. The van der Waals surface area contributed by atoms with Crippen molar-refractivity contribution in [2.45, 2.75) is 51.7 Å². The number of carbonyl (C=O) groups excluding carboxylic acids is 4. The molecular formula is C20H27N3O6. The van der Waals surface area contributed by atoms with Crippen LogP contribution < -0.4 is 15.4 Å². The van der Waals surface area contributed by atoms with Crippen molar-refractivity contribution in [3.05, 3.63) is 24.3 Å². The van der Waals surface area contributed by atoms with Crippen molar-refractivity contribution in [3.8, 4) is 5.75 Å². The second-order valence-electron chi connectivity index (χ2n) is 7.11. The Kier molecular flexibility index (Phi) is 7.19. The van der Waals surface area contributed by atoms with Gasteiger partial charge in [-0.1, -0.05) is 19.8 Å². The highest BCUT2D eigenvalue weighted by Gasteiger charge is 2.48. The van der Waals surface area contributed by atoms with Gasteiger partial charge >= 0.3 is 12.0 Å². The molecule has 1 saturated heterocycles. The van der Waals surface area contributed by atoms with Crippen LogP contribution in [0.1, 0.15) is 40.0 Å². The number of nitrogens with zero attached hydrogens (tertiary/aromatic N) is 1. The van der Waals surface area contributed by atoms with Crippen molar-refractivity contribution < 1.29 is 28.7 Å². The van der Waals surface area contributed by atoms with Crippen LogP contribution in [0.3, 0.4) is 0 Å². The fourth-order valence-electron chi connectivity index (χ4n) is 2.93. The quantitative estimate of drug-likeness (QED) is 0.480. The van der Waals surface area contributed by atoms with Gasteiger partial charge in [-0.25, -0.2) is 4.79 Å². The van der Waals surface area contributed by atoms with Crippen molar-refractivity contribution >= 4 is 29.5 Å². The van der Waals surface area contributed by atoms with E-state index in [1.807, 2.05) is 6.92 Å². The average molecular weight is 405 g/mol. The predicted octanol–water partition coefficient (Wildman–Crippen LogP) is 2.07. The van der Waals surface area contributed by atoms with Gasteiger partial charge in [-0.05, 0) is 44.5 Å². The lowest BCUT2D eigenvalue weighted by Gasteiger charge is -2.21. The summed E-state index contributed by atoms with van der Waals surface area (Å²) in [6, 6.07) is 6.02. The van der Waals surface area contributed by atoms with Gasteiger partial charge in [0.25, 0.3) is 11.8 Å². The van der Waals surface area contributed by atoms with Gasteiger partial charge < -0.3 is 20.1 Å². The lowest BCUT2D eigenvalue weighted by molar-refractivity contribution is -0.155. The van der Waals surface area contributed by atoms with Crippen LogP contribution in [0.15, 0.2) is 24.3 Å². The molecule has 2 rings (SSSR count). The molecule has 2 atom stereocenters. The number of anilines is 1. The summed E-state index contributed by atoms with van der Waals surface area (Å²) < 4.78 is 10.1. The second-order valence-corrected chi connectivity index (χ2v) is 7.11. The molecule has 0 saturated carbocycles. The third-order valence-corrected chi connectivity index (χ3v) is 4.70. The molecule has 0 spiro atoms. The smallest absolute Gasteiger partial charge is 0.327 e. The fraction of sp³-hybridized carbons (Fsp3) is 0.500. The van der Waals surface area contributed by atoms with Gasteiger partial charge in [0.1, 0.15) is 17.8 Å². The Morgan fingerprint density at radius 3 is 2.48 bits per heavy atom. The Labute approximate surface area is 169 Å². The minimum Gasteiger partial charge on any atom is -0.497 e. The van der Waals surface area contributed by atoms with E-state index in [0.717, 1.165) is 17.7 Å². The van der Waals surface area contributed by atoms with Gasteiger partial charge in [-0.15, -0.1) is 0 Å². The highest BCUT2D eigenvalue weighted by molar-refractivity contribution is 6.08. The van der Waals surface area contributed by atoms with Gasteiger partial charge in [0, 0.05) is 5.69 Å². The van der Waals surface area contributed by atoms with Crippen molar-refractivity contribution in [1.82, 2.24) is 10.2 Å². The molecule has 2 N–H and O–H groups in total. The number of amides is 4. The van der Waals surface area contributed by atoms with Gasteiger partial charge in [0.05, 0.1) is 7.11 Å². The second kappa shape index (κ2) is 9.40. The average Bonchev–Trinajstić information content (AvgIpc) is 2.90. The van der Waals surface area contributed by atoms with E-state index in [1.54, 1.807) is 31.2 Å². The Balaban J connectivity index is 1.89. The normalized spacial score (nSPS) is 19.5. The number of imide groups is 1. The molecule has 0 radical (unpaired) electrons. The highest BCUT2D eigenvalue weighted by atomic mass is 16.5. The maximum absolute atomic E-state index is 12.5. The van der Waals surface area contributed by atoms with E-state index in [-0.39, 0.29) is 0 Å². The molecule has 1 fully saturated rings. The Bertz CT molecular complexity index is 779. The van der Waals surface area contributed by atoms with E-state index in [0.29, 0.717) is 17.9 Å². The number of unbranched alkanes of at least 4 members (excludes halogenated alkanes) is 1. The fourth-order valence-corrected chi connectivity index (χ4v) is 2.93. The highest BCUT2D eigenvalue weighted by Crippen LogP contribution is 2.23. The third kappa shape index (κ3) is 5.46. The largest absolute Gasteiger partial charge is 0.497 e. The van der Waals surface area contributed by atoms with Crippen LogP contribution in [-0.4, -0.2) is 54.0 Å². The van der Waals surface area contributed by atoms with E-state index in [1.165, 1.54) is 14.0 Å². The first kappa shape index (κ1) is 22.2. The van der Waals surface area contributed by atoms with E-state index >= 15 is 0 Å². The Morgan fingerprint density at radius 2 is 1.90 bits per heavy atom. The first-order valence-electron chi connectivity index (χ1n) is 9.48. The molecule has 1 heterocycles. The number of carbonyl (C=O) groups is 4. The molecule has 1 aliphatic heterocycles. The minimum atomic E-state index is -1.10. The van der Waals surface area contributed by atoms with Crippen molar-refractivity contribution in [1.29, 1.82) is 0 Å². The van der Waals surface area contributed by atoms with Crippen LogP contribution >= 0.6 is 0 Å². The topological polar surface area (TPSA) is 114 Å². The van der Waals surface area contributed by atoms with Gasteiger partial charge in [-0.3, -0.25) is 19.3 Å². The van der Waals surface area contributed by atoms with Crippen LogP contribution in [0, 0.1) is 0 Å². The molecule has 1 aliphatic rings. The van der Waals surface area contributed by atoms with E-state index in [2.05, 4.69) is 10.6 Å². The van der Waals surface area contributed by atoms with Crippen molar-refractivity contribution in [2.24, 2.45) is 0 Å². The third-order valence-electron chi connectivity index (χ3n) is 4.70. The molecule has 1 aromatic rings. The summed E-state index contributed by atoms with van der Waals surface area (Å²) in [5.41, 5.74) is -0.510. The van der Waals surface area contributed by atoms with Crippen LogP contribution in [-0.2, 0) is 19.1 Å². The molecule has 0 aliphatic carbocycles. The maximum atomic E-state index is 12.5. The number of nitrogens with one attached hydrogen (secondary N) is 2. The summed E-state index contributed by atoms with van der Waals surface area (Å²) in [6.45, 7) is 4.48. The summed E-state index contributed by atoms with van der Waals surface area (Å²) in [4.78, 5) is 49.9. The molecule has 0 bridgehead atoms. The number of esters is 1. The lowest BCUT2D eigenvalue weighted by Crippen LogP contribution is -2.44. The molecule has 1 aromatic carbocycles. The molecule has 158 valence electrons. The van der Waals surface area contributed by atoms with Gasteiger partial charge in [0.2, 0.25) is 0 Å². The number of methoxy groups -OCH3 is 1. The molecule has 4 amide bonds. The lowest BCUT2D eigenvalue weighted by atomic mass is 9.95. The Morgan fingerprint density at radius 1 is 1.24 bits per heavy atom. The minimum absolute atomic E-state index is 0.469. The number of rotatable bonds is 9. The van der Waals surface area contributed by atoms with Gasteiger partial charge in [0.15, 0.2) is 6.10 Å². The number of urea groups is 1. The SMILES string of the molecule is CCCC[C@@]1(C)NC(=O)N(CC(=O)O[C@@H](C)C(=O)Nc2ccc(OC)cc2)C1=O. The van der Waals surface area contributed by atoms with Crippen LogP contribution in [0.2, 0.25) is 0 Å².